The van der Waals surface area contributed by atoms with E-state index in [2.05, 4.69) is 27.5 Å². The van der Waals surface area contributed by atoms with Gasteiger partial charge >= 0.3 is 0 Å². The van der Waals surface area contributed by atoms with Crippen LogP contribution in [0.2, 0.25) is 10.0 Å². The van der Waals surface area contributed by atoms with Crippen LogP contribution in [0.15, 0.2) is 35.5 Å². The lowest BCUT2D eigenvalue weighted by molar-refractivity contribution is 0.396. The zero-order valence-electron chi connectivity index (χ0n) is 14.3. The van der Waals surface area contributed by atoms with E-state index in [1.807, 2.05) is 25.2 Å². The number of amidine groups is 1. The summed E-state index contributed by atoms with van der Waals surface area (Å²) in [5.41, 5.74) is 2.15. The zero-order chi connectivity index (χ0) is 17.4. The molecule has 1 saturated carbocycles. The van der Waals surface area contributed by atoms with Crippen LogP contribution < -0.4 is 10.6 Å². The highest BCUT2D eigenvalue weighted by Crippen LogP contribution is 2.40. The number of hydrogen-bond acceptors (Lipinski definition) is 3. The quantitative estimate of drug-likeness (QED) is 0.748. The van der Waals surface area contributed by atoms with E-state index in [0.29, 0.717) is 16.6 Å². The fourth-order valence-electron chi connectivity index (χ4n) is 3.85. The number of nitrogens with one attached hydrogen (secondary N) is 2. The van der Waals surface area contributed by atoms with Gasteiger partial charge in [-0.1, -0.05) is 48.5 Å². The van der Waals surface area contributed by atoms with Crippen LogP contribution in [-0.4, -0.2) is 15.9 Å². The van der Waals surface area contributed by atoms with Crippen molar-refractivity contribution in [1.29, 1.82) is 0 Å². The number of aromatic nitrogens is 1. The minimum atomic E-state index is -0.0805. The van der Waals surface area contributed by atoms with E-state index in [1.54, 1.807) is 0 Å². The third-order valence-electron chi connectivity index (χ3n) is 5.24. The number of anilines is 1. The summed E-state index contributed by atoms with van der Waals surface area (Å²) in [4.78, 5) is 4.98. The molecule has 2 aliphatic rings. The summed E-state index contributed by atoms with van der Waals surface area (Å²) >= 11 is 12.2. The van der Waals surface area contributed by atoms with Crippen molar-refractivity contribution in [2.24, 2.45) is 12.0 Å². The van der Waals surface area contributed by atoms with Crippen LogP contribution in [0.25, 0.3) is 0 Å². The summed E-state index contributed by atoms with van der Waals surface area (Å²) in [5, 5.41) is 8.52. The van der Waals surface area contributed by atoms with Crippen LogP contribution in [0.1, 0.15) is 37.7 Å². The van der Waals surface area contributed by atoms with Gasteiger partial charge in [0, 0.05) is 19.8 Å². The molecule has 2 aromatic rings. The second-order valence-electron chi connectivity index (χ2n) is 6.99. The number of nitrogens with zero attached hydrogens (tertiary/aromatic N) is 2. The van der Waals surface area contributed by atoms with Gasteiger partial charge in [-0.15, -0.1) is 0 Å². The average molecular weight is 377 g/mol. The topological polar surface area (TPSA) is 41.4 Å². The molecule has 6 heteroatoms. The number of rotatable bonds is 2. The first kappa shape index (κ1) is 16.8. The maximum atomic E-state index is 6.14. The molecule has 1 aromatic carbocycles. The monoisotopic (exact) mass is 376 g/mol. The largest absolute Gasteiger partial charge is 0.370 e. The normalized spacial score (nSPS) is 18.4. The van der Waals surface area contributed by atoms with E-state index in [-0.39, 0.29) is 5.54 Å². The van der Waals surface area contributed by atoms with Crippen molar-refractivity contribution < 1.29 is 0 Å². The van der Waals surface area contributed by atoms with Crippen LogP contribution in [0.5, 0.6) is 0 Å². The maximum Gasteiger partial charge on any atom is 0.157 e. The highest BCUT2D eigenvalue weighted by molar-refractivity contribution is 6.42. The van der Waals surface area contributed by atoms with Crippen LogP contribution in [0.4, 0.5) is 11.5 Å². The zero-order valence-corrected chi connectivity index (χ0v) is 15.8. The third-order valence-corrected chi connectivity index (χ3v) is 5.97. The van der Waals surface area contributed by atoms with E-state index in [1.165, 1.54) is 19.3 Å². The predicted molar refractivity (Wildman–Crippen MR) is 105 cm³/mol. The Morgan fingerprint density at radius 3 is 2.72 bits per heavy atom. The molecule has 25 heavy (non-hydrogen) atoms. The molecule has 132 valence electrons. The molecule has 2 heterocycles. The number of aliphatic imine (C=N–C) groups is 1. The Labute approximate surface area is 158 Å². The highest BCUT2D eigenvalue weighted by atomic mass is 35.5. The summed E-state index contributed by atoms with van der Waals surface area (Å²) in [6, 6.07) is 7.87. The number of fused-ring (bicyclic) bond motifs is 1. The van der Waals surface area contributed by atoms with Crippen molar-refractivity contribution in [3.05, 3.63) is 46.1 Å². The van der Waals surface area contributed by atoms with Gasteiger partial charge < -0.3 is 15.2 Å². The smallest absolute Gasteiger partial charge is 0.157 e. The summed E-state index contributed by atoms with van der Waals surface area (Å²) < 4.78 is 2.05. The van der Waals surface area contributed by atoms with Crippen LogP contribution in [0, 0.1) is 0 Å². The van der Waals surface area contributed by atoms with Crippen molar-refractivity contribution in [3.8, 4) is 0 Å². The molecule has 1 aromatic heterocycles. The number of aryl methyl sites for hydroxylation is 1. The Bertz CT molecular complexity index is 819. The molecule has 0 unspecified atom stereocenters. The summed E-state index contributed by atoms with van der Waals surface area (Å²) in [6.45, 7) is 0.679. The minimum absolute atomic E-state index is 0.0805. The van der Waals surface area contributed by atoms with E-state index in [9.17, 15) is 0 Å². The molecule has 1 spiro atoms. The number of halogens is 2. The molecular formula is C19H22Cl2N4. The van der Waals surface area contributed by atoms with Crippen molar-refractivity contribution in [1.82, 2.24) is 9.88 Å². The Hall–Kier alpha value is -1.65. The van der Waals surface area contributed by atoms with Gasteiger partial charge in [0.25, 0.3) is 0 Å². The highest BCUT2D eigenvalue weighted by Gasteiger charge is 2.40. The molecule has 1 fully saturated rings. The molecule has 0 atom stereocenters. The van der Waals surface area contributed by atoms with Gasteiger partial charge in [-0.25, -0.2) is 4.99 Å². The molecular weight excluding hydrogens is 355 g/mol. The Morgan fingerprint density at radius 2 is 1.96 bits per heavy atom. The minimum Gasteiger partial charge on any atom is -0.370 e. The standard InChI is InChI=1S/C19H22Cl2N4/c1-25-10-7-16-17(25)23-18(19(24-16)8-3-2-4-9-19)22-12-13-5-6-14(20)15(21)11-13/h5-7,10-11,24H,2-4,8-9,12H2,1H3,(H,22,23). The van der Waals surface area contributed by atoms with Crippen LogP contribution in [-0.2, 0) is 13.6 Å². The van der Waals surface area contributed by atoms with Gasteiger partial charge in [-0.2, -0.15) is 0 Å². The molecule has 1 aliphatic carbocycles. The summed E-state index contributed by atoms with van der Waals surface area (Å²) in [7, 11) is 2.03. The SMILES string of the molecule is Cn1ccc2c1N=C(NCc1ccc(Cl)c(Cl)c1)C1(CCCCC1)N2. The van der Waals surface area contributed by atoms with Gasteiger partial charge in [-0.3, -0.25) is 0 Å². The first-order valence-electron chi connectivity index (χ1n) is 8.78. The van der Waals surface area contributed by atoms with Gasteiger partial charge in [0.2, 0.25) is 0 Å². The van der Waals surface area contributed by atoms with Crippen LogP contribution >= 0.6 is 23.2 Å². The summed E-state index contributed by atoms with van der Waals surface area (Å²) in [5.74, 6) is 2.01. The lowest BCUT2D eigenvalue weighted by Gasteiger charge is -2.42. The second-order valence-corrected chi connectivity index (χ2v) is 7.81. The van der Waals surface area contributed by atoms with Gasteiger partial charge in [-0.05, 0) is 36.6 Å². The van der Waals surface area contributed by atoms with E-state index in [0.717, 1.165) is 35.7 Å². The summed E-state index contributed by atoms with van der Waals surface area (Å²) in [6.07, 6.45) is 8.01. The molecule has 2 N–H and O–H groups in total. The molecule has 0 saturated heterocycles. The Balaban J connectivity index is 1.62. The number of hydrogen-bond donors (Lipinski definition) is 2. The first-order chi connectivity index (χ1) is 12.1. The van der Waals surface area contributed by atoms with E-state index >= 15 is 0 Å². The van der Waals surface area contributed by atoms with E-state index < -0.39 is 0 Å². The molecule has 0 radical (unpaired) electrons. The van der Waals surface area contributed by atoms with Crippen molar-refractivity contribution in [2.45, 2.75) is 44.2 Å². The van der Waals surface area contributed by atoms with E-state index in [4.69, 9.17) is 28.2 Å². The van der Waals surface area contributed by atoms with Crippen molar-refractivity contribution in [2.75, 3.05) is 5.32 Å². The fraction of sp³-hybridized carbons (Fsp3) is 0.421. The fourth-order valence-corrected chi connectivity index (χ4v) is 4.17. The number of benzene rings is 1. The maximum absolute atomic E-state index is 6.14. The van der Waals surface area contributed by atoms with Crippen molar-refractivity contribution >= 4 is 40.5 Å². The Morgan fingerprint density at radius 1 is 1.16 bits per heavy atom. The van der Waals surface area contributed by atoms with Gasteiger partial charge in [0.1, 0.15) is 5.84 Å². The van der Waals surface area contributed by atoms with Crippen LogP contribution in [0.3, 0.4) is 0 Å². The Kier molecular flexibility index (Phi) is 4.42. The van der Waals surface area contributed by atoms with Gasteiger partial charge in [0.15, 0.2) is 5.82 Å². The lowest BCUT2D eigenvalue weighted by atomic mass is 9.79. The first-order valence-corrected chi connectivity index (χ1v) is 9.53. The molecule has 4 nitrogen and oxygen atoms in total. The molecule has 0 bridgehead atoms. The third kappa shape index (κ3) is 3.13. The van der Waals surface area contributed by atoms with Crippen molar-refractivity contribution in [3.63, 3.8) is 0 Å². The predicted octanol–water partition coefficient (Wildman–Crippen LogP) is 5.28. The molecule has 1 aliphatic heterocycles. The lowest BCUT2D eigenvalue weighted by Crippen LogP contribution is -2.54. The van der Waals surface area contributed by atoms with Gasteiger partial charge in [0.05, 0.1) is 21.3 Å². The average Bonchev–Trinajstić information content (AvgIpc) is 2.96. The molecule has 0 amide bonds. The molecule has 4 rings (SSSR count). The second kappa shape index (κ2) is 6.58.